The summed E-state index contributed by atoms with van der Waals surface area (Å²) >= 11 is 0. The molecule has 63 heavy (non-hydrogen) atoms. The highest BCUT2D eigenvalue weighted by Gasteiger charge is 2.38. The van der Waals surface area contributed by atoms with Crippen LogP contribution in [0.25, 0.3) is 0 Å². The Morgan fingerprint density at radius 2 is 0.937 bits per heavy atom. The molecule has 1 heterocycles. The molecule has 3 amide bonds. The molecule has 1 aliphatic heterocycles. The molecule has 0 aliphatic carbocycles. The number of carboxylic acids is 1. The van der Waals surface area contributed by atoms with E-state index in [0.29, 0.717) is 44.6 Å². The van der Waals surface area contributed by atoms with E-state index in [4.69, 9.17) is 24.1 Å². The van der Waals surface area contributed by atoms with E-state index in [1.54, 1.807) is 62.3 Å². The number of nitrogens with zero attached hydrogens (tertiary/aromatic N) is 1. The molecule has 0 aromatic heterocycles. The van der Waals surface area contributed by atoms with Crippen molar-refractivity contribution >= 4 is 65.4 Å². The SMILES string of the molecule is CCC(=O)NCC(=O)O.CCC1=NCC(=O)O1.CCOC(=O)[C@@](C)(CC)OC(=O)CNC(=O)CC.CCOC(=O)[C@@](C)(CC)OC(=O)CNC(=O)CC.CCOC(=O)[C@](C)(O)CC. The van der Waals surface area contributed by atoms with Crippen molar-refractivity contribution < 1.29 is 86.6 Å². The number of aliphatic carboxylic acids is 1. The lowest BCUT2D eigenvalue weighted by atomic mass is 10.0. The van der Waals surface area contributed by atoms with Gasteiger partial charge in [0, 0.05) is 25.7 Å². The third-order valence-corrected chi connectivity index (χ3v) is 8.02. The van der Waals surface area contributed by atoms with Crippen LogP contribution in [0.3, 0.4) is 0 Å². The first-order valence-corrected chi connectivity index (χ1v) is 20.8. The van der Waals surface area contributed by atoms with Crippen LogP contribution in [0.1, 0.15) is 135 Å². The van der Waals surface area contributed by atoms with Crippen LogP contribution in [0.5, 0.6) is 0 Å². The predicted octanol–water partition coefficient (Wildman–Crippen LogP) is 2.23. The summed E-state index contributed by atoms with van der Waals surface area (Å²) in [4.78, 5) is 113. The summed E-state index contributed by atoms with van der Waals surface area (Å²) in [6.45, 7) is 21.8. The Morgan fingerprint density at radius 1 is 0.587 bits per heavy atom. The zero-order valence-corrected chi connectivity index (χ0v) is 39.3. The molecule has 0 bridgehead atoms. The fraction of sp³-hybridized carbons (Fsp3) is 0.732. The zero-order chi connectivity index (χ0) is 49.8. The largest absolute Gasteiger partial charge is 0.480 e. The van der Waals surface area contributed by atoms with Gasteiger partial charge in [-0.2, -0.15) is 0 Å². The fourth-order valence-electron chi connectivity index (χ4n) is 3.51. The van der Waals surface area contributed by atoms with Gasteiger partial charge in [0.25, 0.3) is 0 Å². The van der Waals surface area contributed by atoms with Crippen molar-refractivity contribution in [2.45, 2.75) is 152 Å². The van der Waals surface area contributed by atoms with E-state index in [0.717, 1.165) is 0 Å². The summed E-state index contributed by atoms with van der Waals surface area (Å²) in [5, 5.41) is 24.3. The molecule has 0 saturated carbocycles. The van der Waals surface area contributed by atoms with E-state index < -0.39 is 52.6 Å². The van der Waals surface area contributed by atoms with Gasteiger partial charge in [0.2, 0.25) is 28.9 Å². The summed E-state index contributed by atoms with van der Waals surface area (Å²) in [7, 11) is 0. The summed E-state index contributed by atoms with van der Waals surface area (Å²) < 4.78 is 29.1. The van der Waals surface area contributed by atoms with Crippen LogP contribution in [0.4, 0.5) is 0 Å². The lowest BCUT2D eigenvalue weighted by Gasteiger charge is -2.25. The number of ether oxygens (including phenoxy) is 6. The minimum absolute atomic E-state index is 0.211. The molecule has 3 atom stereocenters. The molecule has 22 nitrogen and oxygen atoms in total. The quantitative estimate of drug-likeness (QED) is 0.0814. The second-order valence-corrected chi connectivity index (χ2v) is 13.2. The van der Waals surface area contributed by atoms with Crippen LogP contribution < -0.4 is 16.0 Å². The van der Waals surface area contributed by atoms with Crippen LogP contribution in [0.15, 0.2) is 4.99 Å². The van der Waals surface area contributed by atoms with Crippen LogP contribution in [0.2, 0.25) is 0 Å². The van der Waals surface area contributed by atoms with Gasteiger partial charge < -0.3 is 54.6 Å². The summed E-state index contributed by atoms with van der Waals surface area (Å²) in [6, 6.07) is 0. The van der Waals surface area contributed by atoms with Gasteiger partial charge in [-0.05, 0) is 60.8 Å². The highest BCUT2D eigenvalue weighted by Crippen LogP contribution is 2.18. The number of esters is 6. The van der Waals surface area contributed by atoms with Crippen LogP contribution >= 0.6 is 0 Å². The number of rotatable bonds is 21. The lowest BCUT2D eigenvalue weighted by Crippen LogP contribution is -2.43. The van der Waals surface area contributed by atoms with Crippen LogP contribution in [0, 0.1) is 0 Å². The molecule has 5 N–H and O–H groups in total. The maximum absolute atomic E-state index is 11.6. The van der Waals surface area contributed by atoms with Crippen molar-refractivity contribution in [3.05, 3.63) is 0 Å². The van der Waals surface area contributed by atoms with E-state index in [9.17, 15) is 53.1 Å². The molecule has 22 heteroatoms. The predicted molar refractivity (Wildman–Crippen MR) is 227 cm³/mol. The van der Waals surface area contributed by atoms with Crippen molar-refractivity contribution in [3.8, 4) is 0 Å². The first-order valence-electron chi connectivity index (χ1n) is 20.8. The topological polar surface area (TPSA) is 315 Å². The minimum Gasteiger partial charge on any atom is -0.480 e. The number of aliphatic imine (C=N–C) groups is 1. The van der Waals surface area contributed by atoms with Crippen molar-refractivity contribution in [3.63, 3.8) is 0 Å². The Bertz CT molecular complexity index is 1440. The van der Waals surface area contributed by atoms with Gasteiger partial charge in [-0.3, -0.25) is 28.8 Å². The van der Waals surface area contributed by atoms with E-state index in [1.807, 2.05) is 6.92 Å². The zero-order valence-electron chi connectivity index (χ0n) is 39.3. The van der Waals surface area contributed by atoms with E-state index in [-0.39, 0.29) is 75.9 Å². The number of hydrogen-bond donors (Lipinski definition) is 5. The molecule has 0 saturated heterocycles. The smallest absolute Gasteiger partial charge is 0.350 e. The van der Waals surface area contributed by atoms with E-state index in [1.165, 1.54) is 20.8 Å². The van der Waals surface area contributed by atoms with Crippen LogP contribution in [-0.4, -0.2) is 138 Å². The highest BCUT2D eigenvalue weighted by atomic mass is 16.6. The van der Waals surface area contributed by atoms with Crippen molar-refractivity contribution in [1.29, 1.82) is 0 Å². The Hall–Kier alpha value is -5.67. The molecule has 0 radical (unpaired) electrons. The molecule has 1 aliphatic rings. The number of carbonyl (C=O) groups excluding carboxylic acids is 9. The minimum atomic E-state index is -1.31. The van der Waals surface area contributed by atoms with Gasteiger partial charge in [0.1, 0.15) is 26.2 Å². The summed E-state index contributed by atoms with van der Waals surface area (Å²) in [5.74, 6) is -4.44. The number of aliphatic hydroxyl groups is 1. The van der Waals surface area contributed by atoms with E-state index >= 15 is 0 Å². The van der Waals surface area contributed by atoms with Gasteiger partial charge in [-0.15, -0.1) is 0 Å². The van der Waals surface area contributed by atoms with Crippen LogP contribution in [-0.2, 0) is 76.4 Å². The Kier molecular flexibility index (Phi) is 36.4. The van der Waals surface area contributed by atoms with Gasteiger partial charge in [-0.1, -0.05) is 48.5 Å². The molecule has 0 unspecified atom stereocenters. The van der Waals surface area contributed by atoms with E-state index in [2.05, 4.69) is 30.4 Å². The number of nitrogens with one attached hydrogen (secondary N) is 3. The molecule has 0 aromatic rings. The number of amides is 3. The van der Waals surface area contributed by atoms with Gasteiger partial charge in [-0.25, -0.2) is 24.2 Å². The molecular weight excluding hydrogens is 836 g/mol. The Labute approximate surface area is 370 Å². The first kappa shape index (κ1) is 64.0. The van der Waals surface area contributed by atoms with Crippen molar-refractivity contribution in [2.75, 3.05) is 46.0 Å². The lowest BCUT2D eigenvalue weighted by molar-refractivity contribution is -0.180. The van der Waals surface area contributed by atoms with Crippen molar-refractivity contribution in [1.82, 2.24) is 16.0 Å². The number of hydrogen-bond acceptors (Lipinski definition) is 18. The number of carboxylic acid groups (broad SMARTS) is 1. The summed E-state index contributed by atoms with van der Waals surface area (Å²) in [5.41, 5.74) is -3.91. The highest BCUT2D eigenvalue weighted by molar-refractivity contribution is 5.94. The standard InChI is InChI=1S/2C12H21NO5.C7H14O3.C5H9NO3.C5H7NO2/c2*1-5-9(14)13-8-10(15)18-12(4,6-2)11(16)17-7-3;1-4-7(3,9)6(8)10-5-2;1-2-4(7)6-3-5(8)9;1-2-4-6-3-5(7)8-4/h2*5-8H2,1-4H3,(H,13,14);9H,4-5H2,1-3H3;2-3H2,1H3,(H,6,7)(H,8,9);2-3H2,1H3/t2*12-;7-;;/m111../s1. The third-order valence-electron chi connectivity index (χ3n) is 8.02. The molecular formula is C41H72N4O18. The van der Waals surface area contributed by atoms with Gasteiger partial charge >= 0.3 is 41.8 Å². The second-order valence-electron chi connectivity index (χ2n) is 13.2. The Morgan fingerprint density at radius 3 is 1.17 bits per heavy atom. The molecule has 364 valence electrons. The third kappa shape index (κ3) is 31.8. The van der Waals surface area contributed by atoms with Crippen molar-refractivity contribution in [2.24, 2.45) is 4.99 Å². The first-order chi connectivity index (χ1) is 29.3. The average molecular weight is 909 g/mol. The maximum atomic E-state index is 11.6. The van der Waals surface area contributed by atoms with Gasteiger partial charge in [0.15, 0.2) is 11.5 Å². The average Bonchev–Trinajstić information content (AvgIpc) is 3.69. The monoisotopic (exact) mass is 908 g/mol. The second kappa shape index (κ2) is 35.9. The molecule has 0 aromatic carbocycles. The molecule has 0 spiro atoms. The molecule has 1 rings (SSSR count). The fourth-order valence-corrected chi connectivity index (χ4v) is 3.51. The number of carbonyl (C=O) groups is 10. The summed E-state index contributed by atoms with van der Waals surface area (Å²) in [6.07, 6.45) is 2.61. The normalized spacial score (nSPS) is 13.7. The van der Waals surface area contributed by atoms with Gasteiger partial charge in [0.05, 0.1) is 19.8 Å². The molecule has 0 fully saturated rings. The Balaban J connectivity index is -0.000000360. The maximum Gasteiger partial charge on any atom is 0.350 e. The number of cyclic esters (lactones) is 1.